The van der Waals surface area contributed by atoms with E-state index in [1.54, 1.807) is 6.08 Å². The third kappa shape index (κ3) is 5.49. The predicted octanol–water partition coefficient (Wildman–Crippen LogP) is 3.06. The predicted molar refractivity (Wildman–Crippen MR) is 152 cm³/mol. The van der Waals surface area contributed by atoms with E-state index < -0.39 is 0 Å². The monoisotopic (exact) mass is 528 g/mol. The molecule has 2 aromatic carbocycles. The van der Waals surface area contributed by atoms with Gasteiger partial charge in [-0.3, -0.25) is 4.79 Å². The van der Waals surface area contributed by atoms with Crippen LogP contribution in [0.4, 0.5) is 11.5 Å². The molecule has 1 atom stereocenters. The molecule has 9 heteroatoms. The molecule has 2 saturated heterocycles. The number of phenols is 1. The number of phenolic OH excluding ortho intramolecular Hbond substituents is 1. The van der Waals surface area contributed by atoms with Crippen LogP contribution in [0.2, 0.25) is 0 Å². The smallest absolute Gasteiger partial charge is 0.318 e. The molecule has 3 aliphatic rings. The Kier molecular flexibility index (Phi) is 7.24. The summed E-state index contributed by atoms with van der Waals surface area (Å²) in [6.07, 6.45) is 6.18. The van der Waals surface area contributed by atoms with Gasteiger partial charge in [-0.05, 0) is 44.0 Å². The van der Waals surface area contributed by atoms with E-state index in [1.165, 1.54) is 5.56 Å². The van der Waals surface area contributed by atoms with Crippen molar-refractivity contribution in [2.24, 2.45) is 5.92 Å². The zero-order chi connectivity index (χ0) is 26.8. The van der Waals surface area contributed by atoms with E-state index in [-0.39, 0.29) is 5.75 Å². The minimum absolute atomic E-state index is 0.268. The zero-order valence-corrected chi connectivity index (χ0v) is 22.5. The molecule has 4 heterocycles. The van der Waals surface area contributed by atoms with Gasteiger partial charge in [-0.1, -0.05) is 24.3 Å². The molecule has 0 aliphatic carbocycles. The van der Waals surface area contributed by atoms with Crippen LogP contribution in [0.15, 0.2) is 48.7 Å². The third-order valence-corrected chi connectivity index (χ3v) is 8.11. The van der Waals surface area contributed by atoms with E-state index in [9.17, 15) is 9.90 Å². The van der Waals surface area contributed by atoms with E-state index >= 15 is 0 Å². The first-order chi connectivity index (χ1) is 19.1. The Morgan fingerprint density at radius 1 is 1.05 bits per heavy atom. The molecule has 2 fully saturated rings. The van der Waals surface area contributed by atoms with E-state index in [1.807, 2.05) is 36.5 Å². The number of carbonyl (C=O) groups is 1. The number of ether oxygens (including phenoxy) is 1. The molecule has 1 aromatic heterocycles. The second-order valence-corrected chi connectivity index (χ2v) is 10.8. The lowest BCUT2D eigenvalue weighted by Gasteiger charge is -2.38. The molecular weight excluding hydrogens is 492 g/mol. The maximum atomic E-state index is 10.8. The van der Waals surface area contributed by atoms with Crippen molar-refractivity contribution in [1.29, 1.82) is 0 Å². The summed E-state index contributed by atoms with van der Waals surface area (Å²) < 4.78 is 6.25. The number of aromatic hydroxyl groups is 1. The number of hydrogen-bond acceptors (Lipinski definition) is 9. The highest BCUT2D eigenvalue weighted by Gasteiger charge is 2.29. The highest BCUT2D eigenvalue weighted by atomic mass is 16.5. The molecule has 204 valence electrons. The first kappa shape index (κ1) is 25.4. The van der Waals surface area contributed by atoms with Crippen molar-refractivity contribution in [3.05, 3.63) is 59.9 Å². The lowest BCUT2D eigenvalue weighted by Crippen LogP contribution is -2.45. The van der Waals surface area contributed by atoms with Gasteiger partial charge in [0.2, 0.25) is 0 Å². The van der Waals surface area contributed by atoms with Gasteiger partial charge in [-0.15, -0.1) is 0 Å². The Morgan fingerprint density at radius 2 is 1.90 bits per heavy atom. The highest BCUT2D eigenvalue weighted by molar-refractivity contribution is 5.95. The quantitative estimate of drug-likeness (QED) is 0.367. The number of likely N-dealkylation sites (tertiary alicyclic amines) is 1. The van der Waals surface area contributed by atoms with E-state index in [0.717, 1.165) is 92.9 Å². The molecular formula is C30H36N6O3. The molecule has 0 unspecified atom stereocenters. The van der Waals surface area contributed by atoms with Gasteiger partial charge in [0.25, 0.3) is 0 Å². The number of rotatable bonds is 7. The average molecular weight is 529 g/mol. The Bertz CT molecular complexity index is 1370. The summed E-state index contributed by atoms with van der Waals surface area (Å²) in [6.45, 7) is 7.49. The van der Waals surface area contributed by atoms with Gasteiger partial charge in [0, 0.05) is 74.1 Å². The largest absolute Gasteiger partial charge is 0.508 e. The molecule has 9 nitrogen and oxygen atoms in total. The lowest BCUT2D eigenvalue weighted by molar-refractivity contribution is -0.104. The number of aromatic nitrogens is 2. The zero-order valence-electron chi connectivity index (χ0n) is 22.5. The minimum Gasteiger partial charge on any atom is -0.508 e. The number of anilines is 2. The normalized spacial score (nSPS) is 20.1. The summed E-state index contributed by atoms with van der Waals surface area (Å²) in [7, 11) is 2.15. The lowest BCUT2D eigenvalue weighted by atomic mass is 10.0. The van der Waals surface area contributed by atoms with Crippen molar-refractivity contribution >= 4 is 28.6 Å². The SMILES string of the molecule is CN1CC[C@H](COc2nc3c(c(N4CCN(C=CC=O)CC4)n2)CCN(c2cc(O)cc4ccccc24)C3)C1. The summed E-state index contributed by atoms with van der Waals surface area (Å²) >= 11 is 0. The van der Waals surface area contributed by atoms with Crippen LogP contribution in [0.25, 0.3) is 10.8 Å². The highest BCUT2D eigenvalue weighted by Crippen LogP contribution is 2.36. The number of piperazine rings is 1. The van der Waals surface area contributed by atoms with E-state index in [4.69, 9.17) is 14.7 Å². The summed E-state index contributed by atoms with van der Waals surface area (Å²) in [6, 6.07) is 12.3. The van der Waals surface area contributed by atoms with Gasteiger partial charge in [0.15, 0.2) is 0 Å². The van der Waals surface area contributed by atoms with Crippen molar-refractivity contribution < 1.29 is 14.6 Å². The topological polar surface area (TPSA) is 85.3 Å². The van der Waals surface area contributed by atoms with Crippen LogP contribution in [-0.2, 0) is 17.8 Å². The maximum Gasteiger partial charge on any atom is 0.318 e. The van der Waals surface area contributed by atoms with Gasteiger partial charge in [-0.2, -0.15) is 9.97 Å². The fourth-order valence-electron chi connectivity index (χ4n) is 6.05. The van der Waals surface area contributed by atoms with E-state index in [2.05, 4.69) is 32.7 Å². The van der Waals surface area contributed by atoms with Crippen molar-refractivity contribution in [3.63, 3.8) is 0 Å². The van der Waals surface area contributed by atoms with Crippen LogP contribution in [0.5, 0.6) is 11.8 Å². The minimum atomic E-state index is 0.268. The number of fused-ring (bicyclic) bond motifs is 2. The van der Waals surface area contributed by atoms with Crippen molar-refractivity contribution in [1.82, 2.24) is 19.8 Å². The third-order valence-electron chi connectivity index (χ3n) is 8.11. The average Bonchev–Trinajstić information content (AvgIpc) is 3.39. The van der Waals surface area contributed by atoms with Crippen LogP contribution in [-0.4, -0.2) is 90.6 Å². The molecule has 0 spiro atoms. The number of aldehydes is 1. The van der Waals surface area contributed by atoms with Gasteiger partial charge in [0.1, 0.15) is 17.9 Å². The molecule has 1 N–H and O–H groups in total. The first-order valence-electron chi connectivity index (χ1n) is 13.9. The van der Waals surface area contributed by atoms with Gasteiger partial charge in [0.05, 0.1) is 18.8 Å². The van der Waals surface area contributed by atoms with Gasteiger partial charge >= 0.3 is 6.01 Å². The van der Waals surface area contributed by atoms with Crippen LogP contribution < -0.4 is 14.5 Å². The molecule has 39 heavy (non-hydrogen) atoms. The number of carbonyl (C=O) groups excluding carboxylic acids is 1. The molecule has 6 rings (SSSR count). The summed E-state index contributed by atoms with van der Waals surface area (Å²) in [5.41, 5.74) is 3.18. The fraction of sp³-hybridized carbons (Fsp3) is 0.433. The second-order valence-electron chi connectivity index (χ2n) is 10.8. The Balaban J connectivity index is 1.29. The van der Waals surface area contributed by atoms with Crippen LogP contribution in [0.3, 0.4) is 0 Å². The van der Waals surface area contributed by atoms with Crippen molar-refractivity contribution in [3.8, 4) is 11.8 Å². The standard InChI is InChI=1S/C30H36N6O3/c1-33-10-7-22(19-33)21-39-30-31-27-20-36(28-18-24(38)17-23-5-2-3-6-25(23)28)11-8-26(27)29(32-30)35-14-12-34(13-15-35)9-4-16-37/h2-6,9,16-18,22,38H,7-8,10-15,19-21H2,1H3/t22-/m0/s1. The van der Waals surface area contributed by atoms with Crippen LogP contribution in [0.1, 0.15) is 17.7 Å². The summed E-state index contributed by atoms with van der Waals surface area (Å²) in [4.78, 5) is 29.8. The molecule has 0 amide bonds. The van der Waals surface area contributed by atoms with Crippen LogP contribution in [0, 0.1) is 5.92 Å². The van der Waals surface area contributed by atoms with Crippen molar-refractivity contribution in [2.45, 2.75) is 19.4 Å². The maximum absolute atomic E-state index is 10.8. The second kappa shape index (κ2) is 11.1. The first-order valence-corrected chi connectivity index (χ1v) is 13.9. The molecule has 0 bridgehead atoms. The Labute approximate surface area is 229 Å². The fourth-order valence-corrected chi connectivity index (χ4v) is 6.05. The number of hydrogen-bond donors (Lipinski definition) is 1. The molecule has 3 aromatic rings. The molecule has 0 saturated carbocycles. The van der Waals surface area contributed by atoms with Crippen molar-refractivity contribution in [2.75, 3.05) is 69.3 Å². The summed E-state index contributed by atoms with van der Waals surface area (Å²) in [5.74, 6) is 1.73. The Hall–Kier alpha value is -3.85. The molecule has 0 radical (unpaired) electrons. The van der Waals surface area contributed by atoms with E-state index in [0.29, 0.717) is 25.1 Å². The van der Waals surface area contributed by atoms with Gasteiger partial charge < -0.3 is 29.4 Å². The Morgan fingerprint density at radius 3 is 2.69 bits per heavy atom. The number of benzene rings is 2. The van der Waals surface area contributed by atoms with Gasteiger partial charge in [-0.25, -0.2) is 0 Å². The number of nitrogens with zero attached hydrogens (tertiary/aromatic N) is 6. The number of allylic oxidation sites excluding steroid dienone is 1. The van der Waals surface area contributed by atoms with Crippen LogP contribution >= 0.6 is 0 Å². The summed E-state index contributed by atoms with van der Waals surface area (Å²) in [5, 5.41) is 12.6. The molecule has 3 aliphatic heterocycles.